The number of ether oxygens (including phenoxy) is 4. The molecule has 0 spiro atoms. The van der Waals surface area contributed by atoms with Crippen LogP contribution in [-0.4, -0.2) is 85.1 Å². The zero-order chi connectivity index (χ0) is 41.0. The number of carbonyl (C=O) groups excluding carboxylic acids is 4. The van der Waals surface area contributed by atoms with E-state index in [4.69, 9.17) is 18.9 Å². The van der Waals surface area contributed by atoms with E-state index in [9.17, 15) is 19.2 Å². The molecule has 3 fully saturated rings. The highest BCUT2D eigenvalue weighted by atomic mass is 16.5. The third kappa shape index (κ3) is 7.07. The van der Waals surface area contributed by atoms with Crippen LogP contribution < -0.4 is 19.5 Å². The summed E-state index contributed by atoms with van der Waals surface area (Å²) in [6.07, 6.45) is 10.5. The van der Waals surface area contributed by atoms with Crippen molar-refractivity contribution in [3.05, 3.63) is 108 Å². The van der Waals surface area contributed by atoms with Gasteiger partial charge >= 0.3 is 0 Å². The van der Waals surface area contributed by atoms with E-state index in [0.29, 0.717) is 23.1 Å². The van der Waals surface area contributed by atoms with Crippen molar-refractivity contribution >= 4 is 45.4 Å². The monoisotopic (exact) mass is 802 g/mol. The fourth-order valence-corrected chi connectivity index (χ4v) is 7.98. The number of piperidine rings is 1. The third-order valence-electron chi connectivity index (χ3n) is 11.5. The smallest absolute Gasteiger partial charge is 0.262 e. The average molecular weight is 803 g/mol. The van der Waals surface area contributed by atoms with E-state index in [1.807, 2.05) is 48.9 Å². The molecule has 0 bridgehead atoms. The summed E-state index contributed by atoms with van der Waals surface area (Å²) in [4.78, 5) is 64.2. The molecule has 4 aromatic heterocycles. The number of amides is 4. The number of imide groups is 2. The summed E-state index contributed by atoms with van der Waals surface area (Å²) < 4.78 is 26.4. The third-order valence-corrected chi connectivity index (χ3v) is 11.5. The van der Waals surface area contributed by atoms with Crippen LogP contribution in [0.15, 0.2) is 91.5 Å². The Hall–Kier alpha value is -7.11. The van der Waals surface area contributed by atoms with Gasteiger partial charge in [0.05, 0.1) is 29.4 Å². The Labute approximate surface area is 343 Å². The molecule has 14 heteroatoms. The van der Waals surface area contributed by atoms with Gasteiger partial charge in [0.25, 0.3) is 11.8 Å². The first kappa shape index (κ1) is 37.2. The molecular weight excluding hydrogens is 765 g/mol. The number of hydrogen-bond acceptors (Lipinski definition) is 11. The van der Waals surface area contributed by atoms with Gasteiger partial charge in [-0.1, -0.05) is 18.1 Å². The normalized spacial score (nSPS) is 20.3. The molecule has 2 aliphatic heterocycles. The highest BCUT2D eigenvalue weighted by molar-refractivity contribution is 6.23. The van der Waals surface area contributed by atoms with E-state index >= 15 is 0 Å². The van der Waals surface area contributed by atoms with Gasteiger partial charge in [-0.25, -0.2) is 9.97 Å². The van der Waals surface area contributed by atoms with Crippen molar-refractivity contribution in [3.63, 3.8) is 0 Å². The lowest BCUT2D eigenvalue weighted by Gasteiger charge is -2.34. The quantitative estimate of drug-likeness (QED) is 0.0992. The van der Waals surface area contributed by atoms with E-state index in [1.54, 1.807) is 12.3 Å². The lowest BCUT2D eigenvalue weighted by atomic mass is 9.92. The molecule has 1 atom stereocenters. The van der Waals surface area contributed by atoms with E-state index < -0.39 is 35.3 Å². The van der Waals surface area contributed by atoms with Crippen molar-refractivity contribution < 1.29 is 38.1 Å². The van der Waals surface area contributed by atoms with Crippen LogP contribution in [0.25, 0.3) is 32.9 Å². The minimum Gasteiger partial charge on any atom is -0.491 e. The average Bonchev–Trinajstić information content (AvgIpc) is 3.92. The SMILES string of the molecule is Cn1c2ccncc2c2ccc(-c3ccc(OC4CC(Oc5ccc(C#CC6(OCCOc7ccc8c(c7)C(=O)N(C7CCC(=O)NC7=O)C8=O)CC6)nc5)C4)nc3)cc21. The number of fused-ring (bicyclic) bond motifs is 4. The number of rotatable bonds is 11. The minimum absolute atomic E-state index is 0.0217. The van der Waals surface area contributed by atoms with Gasteiger partial charge in [0.1, 0.15) is 47.7 Å². The molecule has 2 saturated carbocycles. The number of pyridine rings is 3. The van der Waals surface area contributed by atoms with Crippen molar-refractivity contribution in [2.75, 3.05) is 13.2 Å². The molecule has 4 aliphatic rings. The van der Waals surface area contributed by atoms with Crippen LogP contribution in [0.1, 0.15) is 64.9 Å². The Morgan fingerprint density at radius 3 is 2.38 bits per heavy atom. The summed E-state index contributed by atoms with van der Waals surface area (Å²) in [6, 6.07) is 19.7. The van der Waals surface area contributed by atoms with Crippen LogP contribution in [0, 0.1) is 11.8 Å². The Kier molecular flexibility index (Phi) is 9.25. The van der Waals surface area contributed by atoms with Crippen molar-refractivity contribution in [3.8, 4) is 40.3 Å². The second kappa shape index (κ2) is 14.9. The van der Waals surface area contributed by atoms with Crippen LogP contribution in [0.5, 0.6) is 17.4 Å². The predicted octanol–water partition coefficient (Wildman–Crippen LogP) is 5.55. The Morgan fingerprint density at radius 2 is 1.60 bits per heavy atom. The molecule has 4 amide bonds. The van der Waals surface area contributed by atoms with Crippen molar-refractivity contribution in [1.82, 2.24) is 29.7 Å². The van der Waals surface area contributed by atoms with Gasteiger partial charge in [0, 0.05) is 72.8 Å². The van der Waals surface area contributed by atoms with Gasteiger partial charge in [0.2, 0.25) is 17.7 Å². The summed E-state index contributed by atoms with van der Waals surface area (Å²) >= 11 is 0. The maximum Gasteiger partial charge on any atom is 0.262 e. The van der Waals surface area contributed by atoms with Gasteiger partial charge in [-0.15, -0.1) is 0 Å². The summed E-state index contributed by atoms with van der Waals surface area (Å²) in [5.74, 6) is 5.75. The maximum atomic E-state index is 13.1. The molecule has 0 radical (unpaired) electrons. The Morgan fingerprint density at radius 1 is 0.783 bits per heavy atom. The lowest BCUT2D eigenvalue weighted by molar-refractivity contribution is -0.136. The first-order chi connectivity index (χ1) is 29.2. The number of aryl methyl sites for hydroxylation is 1. The predicted molar refractivity (Wildman–Crippen MR) is 217 cm³/mol. The topological polar surface area (TPSA) is 164 Å². The van der Waals surface area contributed by atoms with Crippen LogP contribution in [-0.2, 0) is 21.4 Å². The van der Waals surface area contributed by atoms with E-state index in [-0.39, 0.29) is 49.4 Å². The summed E-state index contributed by atoms with van der Waals surface area (Å²) in [7, 11) is 2.07. The van der Waals surface area contributed by atoms with Gasteiger partial charge in [-0.3, -0.25) is 34.4 Å². The van der Waals surface area contributed by atoms with Gasteiger partial charge in [-0.05, 0) is 79.3 Å². The number of carbonyl (C=O) groups is 4. The fraction of sp³-hybridized carbons (Fsp3) is 0.283. The fourth-order valence-electron chi connectivity index (χ4n) is 7.98. The van der Waals surface area contributed by atoms with Crippen LogP contribution in [0.4, 0.5) is 0 Å². The van der Waals surface area contributed by atoms with E-state index in [2.05, 4.69) is 61.9 Å². The molecule has 14 nitrogen and oxygen atoms in total. The van der Waals surface area contributed by atoms with Crippen molar-refractivity contribution in [2.45, 2.75) is 62.4 Å². The number of nitrogens with one attached hydrogen (secondary N) is 1. The molecule has 2 aromatic carbocycles. The lowest BCUT2D eigenvalue weighted by Crippen LogP contribution is -2.54. The molecule has 2 aliphatic carbocycles. The second-order valence-electron chi connectivity index (χ2n) is 15.5. The van der Waals surface area contributed by atoms with E-state index in [0.717, 1.165) is 58.1 Å². The Bertz CT molecular complexity index is 2780. The highest BCUT2D eigenvalue weighted by Crippen LogP contribution is 2.39. The second-order valence-corrected chi connectivity index (χ2v) is 15.5. The molecular formula is C46H38N6O8. The molecule has 60 heavy (non-hydrogen) atoms. The maximum absolute atomic E-state index is 13.1. The summed E-state index contributed by atoms with van der Waals surface area (Å²) in [6.45, 7) is 0.459. The largest absolute Gasteiger partial charge is 0.491 e. The molecule has 6 aromatic rings. The highest BCUT2D eigenvalue weighted by Gasteiger charge is 2.45. The van der Waals surface area contributed by atoms with Gasteiger partial charge in [0.15, 0.2) is 0 Å². The zero-order valence-electron chi connectivity index (χ0n) is 32.6. The summed E-state index contributed by atoms with van der Waals surface area (Å²) in [5, 5.41) is 4.51. The Balaban J connectivity index is 0.665. The molecule has 1 saturated heterocycles. The van der Waals surface area contributed by atoms with Crippen molar-refractivity contribution in [1.29, 1.82) is 0 Å². The molecule has 300 valence electrons. The molecule has 1 unspecified atom stereocenters. The molecule has 10 rings (SSSR count). The van der Waals surface area contributed by atoms with Crippen LogP contribution >= 0.6 is 0 Å². The standard InChI is InChI=1S/C46H38N6O8/c1-51-38-13-17-47-26-37(38)34-7-2-27(20-40(34)51)28-3-11-42(49-24-28)60-33-21-32(22-33)59-31-5-4-29(48-25-31)12-14-46(15-16-46)58-19-18-57-30-6-8-35-36(23-30)45(56)52(44(35)55)39-9-10-41(53)50-43(39)54/h2-8,11,13,17,20,23-26,32-33,39H,9-10,15-16,18-19,21-22H2,1H3,(H,50,53,54). The summed E-state index contributed by atoms with van der Waals surface area (Å²) in [5.41, 5.74) is 4.79. The molecule has 6 heterocycles. The minimum atomic E-state index is -1.02. The number of nitrogens with zero attached hydrogens (tertiary/aromatic N) is 5. The first-order valence-electron chi connectivity index (χ1n) is 19.9. The number of hydrogen-bond donors (Lipinski definition) is 1. The van der Waals surface area contributed by atoms with E-state index in [1.165, 1.54) is 17.5 Å². The van der Waals surface area contributed by atoms with Gasteiger partial charge in [-0.2, -0.15) is 0 Å². The van der Waals surface area contributed by atoms with Gasteiger partial charge < -0.3 is 23.5 Å². The van der Waals surface area contributed by atoms with Crippen LogP contribution in [0.3, 0.4) is 0 Å². The van der Waals surface area contributed by atoms with Crippen LogP contribution in [0.2, 0.25) is 0 Å². The number of aromatic nitrogens is 4. The van der Waals surface area contributed by atoms with Crippen molar-refractivity contribution in [2.24, 2.45) is 7.05 Å². The first-order valence-corrected chi connectivity index (χ1v) is 19.9. The molecule has 1 N–H and O–H groups in total. The zero-order valence-corrected chi connectivity index (χ0v) is 32.6. The number of benzene rings is 2.